The second-order valence-corrected chi connectivity index (χ2v) is 8.43. The predicted molar refractivity (Wildman–Crippen MR) is 142 cm³/mol. The second kappa shape index (κ2) is 17.5. The number of hydrogen-bond donors (Lipinski definition) is 1. The predicted octanol–water partition coefficient (Wildman–Crippen LogP) is 5.75. The lowest BCUT2D eigenvalue weighted by molar-refractivity contribution is 0.0544. The van der Waals surface area contributed by atoms with E-state index in [-0.39, 0.29) is 6.03 Å². The summed E-state index contributed by atoms with van der Waals surface area (Å²) in [4.78, 5) is 15.1. The molecule has 8 nitrogen and oxygen atoms in total. The molecule has 0 aliphatic heterocycles. The Bertz CT molecular complexity index is 875. The number of anilines is 1. The zero-order valence-electron chi connectivity index (χ0n) is 22.2. The monoisotopic (exact) mass is 502 g/mol. The number of nitrogens with one attached hydrogen (secondary N) is 1. The third-order valence-electron chi connectivity index (χ3n) is 5.69. The Kier molecular flexibility index (Phi) is 14.2. The molecule has 2 rings (SSSR count). The molecule has 0 saturated heterocycles. The summed E-state index contributed by atoms with van der Waals surface area (Å²) in [5, 5.41) is 3.00. The van der Waals surface area contributed by atoms with Crippen molar-refractivity contribution in [1.29, 1.82) is 0 Å². The van der Waals surface area contributed by atoms with Crippen molar-refractivity contribution in [3.63, 3.8) is 0 Å². The number of unbranched alkanes of at least 4 members (excludes halogenated alkanes) is 4. The minimum Gasteiger partial charge on any atom is -0.497 e. The van der Waals surface area contributed by atoms with Crippen molar-refractivity contribution in [3.8, 4) is 17.2 Å². The number of urea groups is 1. The molecule has 8 heteroatoms. The van der Waals surface area contributed by atoms with E-state index in [1.54, 1.807) is 39.5 Å². The average Bonchev–Trinajstić information content (AvgIpc) is 2.90. The van der Waals surface area contributed by atoms with E-state index < -0.39 is 0 Å². The van der Waals surface area contributed by atoms with Gasteiger partial charge in [-0.2, -0.15) is 0 Å². The molecular formula is C28H42N2O6. The van der Waals surface area contributed by atoms with Crippen molar-refractivity contribution in [1.82, 2.24) is 4.90 Å². The fourth-order valence-corrected chi connectivity index (χ4v) is 3.63. The Morgan fingerprint density at radius 3 is 2.25 bits per heavy atom. The first kappa shape index (κ1) is 29.3. The summed E-state index contributed by atoms with van der Waals surface area (Å²) >= 11 is 0. The van der Waals surface area contributed by atoms with Crippen LogP contribution in [0.5, 0.6) is 17.2 Å². The SMILES string of the molecule is CCCCCCCN(Cc1ccc(OCCOCCOC)cc1)C(=O)Nc1ccc(OC)cc1OC. The summed E-state index contributed by atoms with van der Waals surface area (Å²) < 4.78 is 26.8. The van der Waals surface area contributed by atoms with Crippen LogP contribution in [0.4, 0.5) is 10.5 Å². The molecule has 2 aromatic rings. The van der Waals surface area contributed by atoms with Crippen molar-refractivity contribution in [2.75, 3.05) is 59.6 Å². The Balaban J connectivity index is 1.98. The molecule has 2 amide bonds. The molecule has 0 spiro atoms. The lowest BCUT2D eigenvalue weighted by atomic mass is 10.1. The van der Waals surface area contributed by atoms with E-state index in [1.807, 2.05) is 29.2 Å². The molecule has 0 radical (unpaired) electrons. The first-order chi connectivity index (χ1) is 17.6. The van der Waals surface area contributed by atoms with E-state index in [4.69, 9.17) is 23.7 Å². The Hall–Kier alpha value is -2.97. The third kappa shape index (κ3) is 10.7. The quantitative estimate of drug-likeness (QED) is 0.262. The second-order valence-electron chi connectivity index (χ2n) is 8.43. The number of nitrogens with zero attached hydrogens (tertiary/aromatic N) is 1. The molecule has 0 unspecified atom stereocenters. The zero-order valence-corrected chi connectivity index (χ0v) is 22.2. The molecule has 1 N–H and O–H groups in total. The highest BCUT2D eigenvalue weighted by atomic mass is 16.5. The van der Waals surface area contributed by atoms with Crippen molar-refractivity contribution >= 4 is 11.7 Å². The van der Waals surface area contributed by atoms with Gasteiger partial charge in [-0.15, -0.1) is 0 Å². The molecule has 0 aliphatic carbocycles. The fraction of sp³-hybridized carbons (Fsp3) is 0.536. The number of ether oxygens (including phenoxy) is 5. The molecule has 200 valence electrons. The summed E-state index contributed by atoms with van der Waals surface area (Å²) in [6.45, 7) is 5.47. The maximum absolute atomic E-state index is 13.3. The molecule has 0 heterocycles. The van der Waals surface area contributed by atoms with Gasteiger partial charge in [-0.05, 0) is 36.2 Å². The van der Waals surface area contributed by atoms with Crippen LogP contribution in [0.1, 0.15) is 44.6 Å². The van der Waals surface area contributed by atoms with Crippen LogP contribution in [0, 0.1) is 0 Å². The molecular weight excluding hydrogens is 460 g/mol. The van der Waals surface area contributed by atoms with Crippen LogP contribution in [-0.2, 0) is 16.0 Å². The van der Waals surface area contributed by atoms with E-state index >= 15 is 0 Å². The first-order valence-electron chi connectivity index (χ1n) is 12.7. The molecule has 0 atom stereocenters. The largest absolute Gasteiger partial charge is 0.497 e. The van der Waals surface area contributed by atoms with Crippen LogP contribution in [0.25, 0.3) is 0 Å². The van der Waals surface area contributed by atoms with Crippen molar-refractivity contribution in [2.45, 2.75) is 45.6 Å². The standard InChI is InChI=1S/C28H42N2O6/c1-5-6-7-8-9-16-30(28(31)29-26-15-14-25(33-3)21-27(26)34-4)22-23-10-12-24(13-11-23)36-20-19-35-18-17-32-2/h10-15,21H,5-9,16-20,22H2,1-4H3,(H,29,31). The van der Waals surface area contributed by atoms with Gasteiger partial charge in [-0.3, -0.25) is 0 Å². The molecule has 36 heavy (non-hydrogen) atoms. The summed E-state index contributed by atoms with van der Waals surface area (Å²) in [6.07, 6.45) is 5.64. The smallest absolute Gasteiger partial charge is 0.322 e. The lowest BCUT2D eigenvalue weighted by Gasteiger charge is -2.24. The van der Waals surface area contributed by atoms with Crippen LogP contribution < -0.4 is 19.5 Å². The molecule has 0 bridgehead atoms. The van der Waals surface area contributed by atoms with Crippen molar-refractivity contribution in [2.24, 2.45) is 0 Å². The van der Waals surface area contributed by atoms with Gasteiger partial charge in [0.1, 0.15) is 23.9 Å². The highest BCUT2D eigenvalue weighted by molar-refractivity contribution is 5.91. The van der Waals surface area contributed by atoms with E-state index in [0.717, 1.165) is 24.2 Å². The Morgan fingerprint density at radius 2 is 1.56 bits per heavy atom. The van der Waals surface area contributed by atoms with Gasteiger partial charge in [0.25, 0.3) is 0 Å². The molecule has 2 aromatic carbocycles. The number of benzene rings is 2. The highest BCUT2D eigenvalue weighted by Crippen LogP contribution is 2.29. The van der Waals surface area contributed by atoms with Crippen molar-refractivity contribution in [3.05, 3.63) is 48.0 Å². The van der Waals surface area contributed by atoms with E-state index in [0.29, 0.717) is 56.7 Å². The lowest BCUT2D eigenvalue weighted by Crippen LogP contribution is -2.35. The van der Waals surface area contributed by atoms with E-state index in [2.05, 4.69) is 12.2 Å². The molecule has 0 saturated carbocycles. The summed E-state index contributed by atoms with van der Waals surface area (Å²) in [5.41, 5.74) is 1.64. The molecule has 0 fully saturated rings. The van der Waals surface area contributed by atoms with E-state index in [9.17, 15) is 4.79 Å². The summed E-state index contributed by atoms with van der Waals surface area (Å²) in [5.74, 6) is 1.99. The van der Waals surface area contributed by atoms with Crippen LogP contribution >= 0.6 is 0 Å². The minimum atomic E-state index is -0.164. The zero-order chi connectivity index (χ0) is 26.0. The number of carbonyl (C=O) groups excluding carboxylic acids is 1. The van der Waals surface area contributed by atoms with Gasteiger partial charge < -0.3 is 33.9 Å². The topological polar surface area (TPSA) is 78.5 Å². The molecule has 0 aromatic heterocycles. The maximum Gasteiger partial charge on any atom is 0.322 e. The van der Waals surface area contributed by atoms with Crippen LogP contribution in [-0.4, -0.2) is 65.2 Å². The number of hydrogen-bond acceptors (Lipinski definition) is 6. The molecule has 0 aliphatic rings. The van der Waals surface area contributed by atoms with Crippen LogP contribution in [0.2, 0.25) is 0 Å². The minimum absolute atomic E-state index is 0.164. The normalized spacial score (nSPS) is 10.7. The van der Waals surface area contributed by atoms with Crippen molar-refractivity contribution < 1.29 is 28.5 Å². The van der Waals surface area contributed by atoms with Crippen LogP contribution in [0.3, 0.4) is 0 Å². The van der Waals surface area contributed by atoms with E-state index in [1.165, 1.54) is 19.3 Å². The third-order valence-corrected chi connectivity index (χ3v) is 5.69. The van der Waals surface area contributed by atoms with Crippen LogP contribution in [0.15, 0.2) is 42.5 Å². The maximum atomic E-state index is 13.3. The highest BCUT2D eigenvalue weighted by Gasteiger charge is 2.16. The van der Waals surface area contributed by atoms with Gasteiger partial charge in [0.2, 0.25) is 0 Å². The van der Waals surface area contributed by atoms with Gasteiger partial charge in [-0.25, -0.2) is 4.79 Å². The number of methoxy groups -OCH3 is 3. The number of carbonyl (C=O) groups is 1. The number of rotatable bonds is 18. The summed E-state index contributed by atoms with van der Waals surface area (Å²) in [7, 11) is 4.82. The first-order valence-corrected chi connectivity index (χ1v) is 12.7. The van der Waals surface area contributed by atoms with Gasteiger partial charge in [0.15, 0.2) is 0 Å². The average molecular weight is 503 g/mol. The summed E-state index contributed by atoms with van der Waals surface area (Å²) in [6, 6.07) is 13.0. The van der Waals surface area contributed by atoms with Gasteiger partial charge in [0.05, 0.1) is 39.7 Å². The Labute approximate surface area is 215 Å². The van der Waals surface area contributed by atoms with Gasteiger partial charge in [0, 0.05) is 26.3 Å². The van der Waals surface area contributed by atoms with Gasteiger partial charge >= 0.3 is 6.03 Å². The number of amides is 2. The van der Waals surface area contributed by atoms with Gasteiger partial charge in [-0.1, -0.05) is 44.7 Å². The Morgan fingerprint density at radius 1 is 0.833 bits per heavy atom. The fourth-order valence-electron chi connectivity index (χ4n) is 3.63.